The molecule has 0 unspecified atom stereocenters. The van der Waals surface area contributed by atoms with E-state index in [-0.39, 0.29) is 0 Å². The van der Waals surface area contributed by atoms with Crippen molar-refractivity contribution in [1.82, 2.24) is 24.2 Å². The minimum atomic E-state index is -4.36. The van der Waals surface area contributed by atoms with E-state index < -0.39 is 11.7 Å². The van der Waals surface area contributed by atoms with Crippen LogP contribution in [0.4, 0.5) is 13.2 Å². The highest BCUT2D eigenvalue weighted by Crippen LogP contribution is 2.33. The molecule has 0 amide bonds. The molecule has 5 nitrogen and oxygen atoms in total. The van der Waals surface area contributed by atoms with Gasteiger partial charge in [-0.15, -0.1) is 0 Å². The van der Waals surface area contributed by atoms with Gasteiger partial charge in [0.2, 0.25) is 0 Å². The van der Waals surface area contributed by atoms with Crippen molar-refractivity contribution < 1.29 is 13.2 Å². The quantitative estimate of drug-likeness (QED) is 0.498. The van der Waals surface area contributed by atoms with Gasteiger partial charge in [-0.2, -0.15) is 13.2 Å². The van der Waals surface area contributed by atoms with E-state index in [1.54, 1.807) is 0 Å². The summed E-state index contributed by atoms with van der Waals surface area (Å²) in [4.78, 5) is 12.7. The summed E-state index contributed by atoms with van der Waals surface area (Å²) in [5.41, 5.74) is 4.55. The molecule has 1 aliphatic rings. The molecule has 1 aliphatic heterocycles. The maximum Gasteiger partial charge on any atom is 0.416 e. The van der Waals surface area contributed by atoms with Crippen LogP contribution in [0.2, 0.25) is 0 Å². The van der Waals surface area contributed by atoms with Crippen LogP contribution in [0.15, 0.2) is 60.9 Å². The van der Waals surface area contributed by atoms with E-state index in [0.717, 1.165) is 66.6 Å². The fourth-order valence-corrected chi connectivity index (χ4v) is 4.18. The Morgan fingerprint density at radius 2 is 1.66 bits per heavy atom. The Labute approximate surface area is 184 Å². The van der Waals surface area contributed by atoms with Crippen molar-refractivity contribution in [1.29, 1.82) is 0 Å². The highest BCUT2D eigenvalue weighted by Gasteiger charge is 2.30. The lowest BCUT2D eigenvalue weighted by molar-refractivity contribution is -0.137. The Morgan fingerprint density at radius 1 is 0.938 bits per heavy atom. The molecule has 5 rings (SSSR count). The zero-order valence-electron chi connectivity index (χ0n) is 17.7. The number of halogens is 3. The van der Waals surface area contributed by atoms with Gasteiger partial charge in [-0.1, -0.05) is 12.1 Å². The third kappa shape index (κ3) is 4.03. The van der Waals surface area contributed by atoms with E-state index in [0.29, 0.717) is 12.1 Å². The second kappa shape index (κ2) is 8.11. The Hall–Kier alpha value is -3.10. The number of hydrogen-bond acceptors (Lipinski definition) is 3. The summed E-state index contributed by atoms with van der Waals surface area (Å²) >= 11 is 0. The van der Waals surface area contributed by atoms with E-state index in [1.165, 1.54) is 12.1 Å². The average molecular weight is 439 g/mol. The number of imidazole rings is 1. The number of fused-ring (bicyclic) bond motifs is 1. The monoisotopic (exact) mass is 439 g/mol. The van der Waals surface area contributed by atoms with Gasteiger partial charge in [-0.3, -0.25) is 4.90 Å². The van der Waals surface area contributed by atoms with Gasteiger partial charge in [0.1, 0.15) is 5.65 Å². The summed E-state index contributed by atoms with van der Waals surface area (Å²) in [6.07, 6.45) is -0.426. The molecule has 0 radical (unpaired) electrons. The number of nitrogens with zero attached hydrogens (tertiary/aromatic N) is 4. The minimum Gasteiger partial charge on any atom is -0.361 e. The molecule has 0 spiro atoms. The molecule has 3 aromatic heterocycles. The summed E-state index contributed by atoms with van der Waals surface area (Å²) in [6, 6.07) is 13.2. The third-order valence-corrected chi connectivity index (χ3v) is 6.08. The van der Waals surface area contributed by atoms with Crippen LogP contribution in [0.3, 0.4) is 0 Å². The predicted octanol–water partition coefficient (Wildman–Crippen LogP) is 4.76. The summed E-state index contributed by atoms with van der Waals surface area (Å²) in [5.74, 6) is 0. The largest absolute Gasteiger partial charge is 0.416 e. The Morgan fingerprint density at radius 3 is 2.31 bits per heavy atom. The number of H-pyrrole nitrogens is 1. The van der Waals surface area contributed by atoms with Crippen LogP contribution in [-0.2, 0) is 12.7 Å². The predicted molar refractivity (Wildman–Crippen MR) is 118 cm³/mol. The van der Waals surface area contributed by atoms with Crippen LogP contribution >= 0.6 is 0 Å². The molecule has 8 heteroatoms. The van der Waals surface area contributed by atoms with Gasteiger partial charge in [0.05, 0.1) is 17.0 Å². The molecule has 0 saturated carbocycles. The molecule has 0 bridgehead atoms. The van der Waals surface area contributed by atoms with Crippen LogP contribution in [0.1, 0.15) is 11.3 Å². The molecule has 4 aromatic rings. The van der Waals surface area contributed by atoms with Crippen molar-refractivity contribution in [2.75, 3.05) is 33.2 Å². The van der Waals surface area contributed by atoms with Crippen molar-refractivity contribution in [3.05, 3.63) is 72.2 Å². The zero-order valence-corrected chi connectivity index (χ0v) is 17.7. The first-order chi connectivity index (χ1) is 15.4. The molecule has 0 atom stereocenters. The number of rotatable bonds is 4. The van der Waals surface area contributed by atoms with Gasteiger partial charge >= 0.3 is 6.18 Å². The van der Waals surface area contributed by atoms with Gasteiger partial charge in [-0.05, 0) is 43.4 Å². The van der Waals surface area contributed by atoms with Gasteiger partial charge in [-0.25, -0.2) is 4.98 Å². The molecule has 1 aromatic carbocycles. The summed E-state index contributed by atoms with van der Waals surface area (Å²) in [7, 11) is 2.11. The van der Waals surface area contributed by atoms with E-state index >= 15 is 0 Å². The van der Waals surface area contributed by atoms with Crippen LogP contribution < -0.4 is 0 Å². The standard InChI is InChI=1S/C24H24F3N5/c1-30-11-13-31(14-12-30)16-21-23(17-4-7-19(8-5-17)24(25,26)27)29-22-9-6-18(15-32(21)22)20-3-2-10-28-20/h2-10,15,28H,11-14,16H2,1H3. The Bertz CT molecular complexity index is 1200. The number of aromatic amines is 1. The van der Waals surface area contributed by atoms with E-state index in [9.17, 15) is 13.2 Å². The molecule has 4 heterocycles. The summed E-state index contributed by atoms with van der Waals surface area (Å²) < 4.78 is 41.2. The van der Waals surface area contributed by atoms with Gasteiger partial charge in [0.15, 0.2) is 0 Å². The smallest absolute Gasteiger partial charge is 0.361 e. The topological polar surface area (TPSA) is 39.6 Å². The maximum atomic E-state index is 13.1. The minimum absolute atomic E-state index is 0.653. The van der Waals surface area contributed by atoms with Crippen molar-refractivity contribution in [2.45, 2.75) is 12.7 Å². The highest BCUT2D eigenvalue weighted by atomic mass is 19.4. The number of nitrogens with one attached hydrogen (secondary N) is 1. The fraction of sp³-hybridized carbons (Fsp3) is 0.292. The first-order valence-electron chi connectivity index (χ1n) is 10.6. The number of benzene rings is 1. The van der Waals surface area contributed by atoms with Crippen LogP contribution in [0.5, 0.6) is 0 Å². The second-order valence-corrected chi connectivity index (χ2v) is 8.29. The van der Waals surface area contributed by atoms with Crippen molar-refractivity contribution >= 4 is 5.65 Å². The van der Waals surface area contributed by atoms with Gasteiger partial charge < -0.3 is 14.3 Å². The van der Waals surface area contributed by atoms with Crippen molar-refractivity contribution in [3.63, 3.8) is 0 Å². The lowest BCUT2D eigenvalue weighted by Gasteiger charge is -2.32. The fourth-order valence-electron chi connectivity index (χ4n) is 4.18. The first-order valence-corrected chi connectivity index (χ1v) is 10.6. The number of hydrogen-bond donors (Lipinski definition) is 1. The Balaban J connectivity index is 1.59. The zero-order chi connectivity index (χ0) is 22.3. The van der Waals surface area contributed by atoms with Crippen molar-refractivity contribution in [3.8, 4) is 22.5 Å². The first kappa shape index (κ1) is 20.8. The van der Waals surface area contributed by atoms with Crippen molar-refractivity contribution in [2.24, 2.45) is 0 Å². The molecule has 32 heavy (non-hydrogen) atoms. The lowest BCUT2D eigenvalue weighted by atomic mass is 10.1. The maximum absolute atomic E-state index is 13.1. The molecule has 1 saturated heterocycles. The van der Waals surface area contributed by atoms with Crippen LogP contribution in [0, 0.1) is 0 Å². The molecule has 0 aliphatic carbocycles. The summed E-state index contributed by atoms with van der Waals surface area (Å²) in [5, 5.41) is 0. The summed E-state index contributed by atoms with van der Waals surface area (Å²) in [6.45, 7) is 4.53. The molecule has 166 valence electrons. The number of aromatic nitrogens is 3. The van der Waals surface area contributed by atoms with Gasteiger partial charge in [0.25, 0.3) is 0 Å². The molecule has 1 fully saturated rings. The number of alkyl halides is 3. The molecular formula is C24H24F3N5. The van der Waals surface area contributed by atoms with Crippen LogP contribution in [0.25, 0.3) is 28.2 Å². The normalized spacial score (nSPS) is 16.1. The second-order valence-electron chi connectivity index (χ2n) is 8.29. The number of piperazine rings is 1. The van der Waals surface area contributed by atoms with Gasteiger partial charge in [0, 0.05) is 61.9 Å². The molecular weight excluding hydrogens is 415 g/mol. The lowest BCUT2D eigenvalue weighted by Crippen LogP contribution is -2.44. The highest BCUT2D eigenvalue weighted by molar-refractivity contribution is 5.69. The Kier molecular flexibility index (Phi) is 5.27. The number of pyridine rings is 1. The SMILES string of the molecule is CN1CCN(Cc2c(-c3ccc(C(F)(F)F)cc3)nc3ccc(-c4ccc[nH]4)cn23)CC1. The van der Waals surface area contributed by atoms with E-state index in [4.69, 9.17) is 4.98 Å². The van der Waals surface area contributed by atoms with E-state index in [2.05, 4.69) is 26.2 Å². The third-order valence-electron chi connectivity index (χ3n) is 6.08. The number of likely N-dealkylation sites (N-methyl/N-ethyl adjacent to an activating group) is 1. The average Bonchev–Trinajstić information content (AvgIpc) is 3.43. The van der Waals surface area contributed by atoms with E-state index in [1.807, 2.05) is 36.7 Å². The molecule has 1 N–H and O–H groups in total. The van der Waals surface area contributed by atoms with Crippen LogP contribution in [-0.4, -0.2) is 57.4 Å².